The van der Waals surface area contributed by atoms with E-state index in [1.807, 2.05) is 35.2 Å². The van der Waals surface area contributed by atoms with E-state index in [1.165, 1.54) is 0 Å². The smallest absolute Gasteiger partial charge is 0.410 e. The minimum absolute atomic E-state index is 0.0728. The molecule has 2 unspecified atom stereocenters. The standard InChI is InChI=1S/C18H23NO4/c20-17(23-10-13-4-2-1-3-5-13)19-15-8-18(21,14-6-7-14)9-16(19)12-22-11-15/h1-5,14-16,21H,6-12H2. The van der Waals surface area contributed by atoms with E-state index in [0.717, 1.165) is 18.4 Å². The number of piperidine rings is 1. The van der Waals surface area contributed by atoms with Crippen LogP contribution in [0.25, 0.3) is 0 Å². The molecule has 2 saturated heterocycles. The second kappa shape index (κ2) is 5.80. The molecule has 0 aromatic heterocycles. The SMILES string of the molecule is O=C(OCc1ccccc1)N1C2COCC1CC(O)(C1CC1)C2. The van der Waals surface area contributed by atoms with Crippen LogP contribution in [0.3, 0.4) is 0 Å². The van der Waals surface area contributed by atoms with Crippen LogP contribution in [0.4, 0.5) is 4.79 Å². The van der Waals surface area contributed by atoms with Gasteiger partial charge in [-0.3, -0.25) is 4.90 Å². The summed E-state index contributed by atoms with van der Waals surface area (Å²) in [6.45, 7) is 1.27. The molecule has 1 saturated carbocycles. The zero-order valence-corrected chi connectivity index (χ0v) is 13.2. The van der Waals surface area contributed by atoms with Crippen molar-refractivity contribution in [1.82, 2.24) is 4.90 Å². The van der Waals surface area contributed by atoms with Gasteiger partial charge in [0, 0.05) is 0 Å². The number of amides is 1. The van der Waals surface area contributed by atoms with Gasteiger partial charge in [-0.2, -0.15) is 0 Å². The monoisotopic (exact) mass is 317 g/mol. The first-order chi connectivity index (χ1) is 11.2. The van der Waals surface area contributed by atoms with Gasteiger partial charge in [-0.15, -0.1) is 0 Å². The fraction of sp³-hybridized carbons (Fsp3) is 0.611. The Bertz CT molecular complexity index is 558. The van der Waals surface area contributed by atoms with Crippen molar-refractivity contribution >= 4 is 6.09 Å². The first kappa shape index (κ1) is 15.0. The van der Waals surface area contributed by atoms with E-state index in [-0.39, 0.29) is 24.8 Å². The van der Waals surface area contributed by atoms with E-state index in [2.05, 4.69) is 0 Å². The quantitative estimate of drug-likeness (QED) is 0.929. The van der Waals surface area contributed by atoms with Crippen LogP contribution in [0, 0.1) is 5.92 Å². The zero-order chi connectivity index (χ0) is 15.9. The van der Waals surface area contributed by atoms with Crippen molar-refractivity contribution in [2.24, 2.45) is 5.92 Å². The van der Waals surface area contributed by atoms with Gasteiger partial charge in [-0.05, 0) is 37.2 Å². The average Bonchev–Trinajstić information content (AvgIpc) is 3.38. The molecule has 5 nitrogen and oxygen atoms in total. The maximum Gasteiger partial charge on any atom is 0.410 e. The summed E-state index contributed by atoms with van der Waals surface area (Å²) >= 11 is 0. The van der Waals surface area contributed by atoms with Crippen LogP contribution in [0.15, 0.2) is 30.3 Å². The normalized spacial score (nSPS) is 33.3. The molecule has 4 rings (SSSR count). The van der Waals surface area contributed by atoms with Crippen LogP contribution in [0.2, 0.25) is 0 Å². The van der Waals surface area contributed by atoms with Gasteiger partial charge in [-0.25, -0.2) is 4.79 Å². The third-order valence-corrected chi connectivity index (χ3v) is 5.34. The molecule has 0 radical (unpaired) electrons. The predicted molar refractivity (Wildman–Crippen MR) is 83.8 cm³/mol. The zero-order valence-electron chi connectivity index (χ0n) is 13.2. The highest BCUT2D eigenvalue weighted by molar-refractivity contribution is 5.69. The highest BCUT2D eigenvalue weighted by Gasteiger charge is 2.54. The topological polar surface area (TPSA) is 59.0 Å². The summed E-state index contributed by atoms with van der Waals surface area (Å²) in [6, 6.07) is 9.55. The molecule has 2 aliphatic heterocycles. The van der Waals surface area contributed by atoms with Gasteiger partial charge in [0.15, 0.2) is 0 Å². The van der Waals surface area contributed by atoms with Gasteiger partial charge in [0.1, 0.15) is 6.61 Å². The van der Waals surface area contributed by atoms with Crippen molar-refractivity contribution in [3.8, 4) is 0 Å². The number of carbonyl (C=O) groups excluding carboxylic acids is 1. The van der Waals surface area contributed by atoms with Gasteiger partial charge in [0.05, 0.1) is 30.9 Å². The number of benzene rings is 1. The van der Waals surface area contributed by atoms with Gasteiger partial charge in [0.25, 0.3) is 0 Å². The molecule has 0 spiro atoms. The van der Waals surface area contributed by atoms with Gasteiger partial charge in [0.2, 0.25) is 0 Å². The van der Waals surface area contributed by atoms with Crippen molar-refractivity contribution in [2.45, 2.75) is 50.0 Å². The molecule has 3 fully saturated rings. The summed E-state index contributed by atoms with van der Waals surface area (Å²) in [7, 11) is 0. The molecule has 1 aromatic rings. The van der Waals surface area contributed by atoms with E-state index >= 15 is 0 Å². The van der Waals surface area contributed by atoms with Crippen molar-refractivity contribution in [3.63, 3.8) is 0 Å². The van der Waals surface area contributed by atoms with E-state index in [0.29, 0.717) is 32.0 Å². The van der Waals surface area contributed by atoms with Crippen LogP contribution in [0.1, 0.15) is 31.2 Å². The Kier molecular flexibility index (Phi) is 3.77. The van der Waals surface area contributed by atoms with E-state index < -0.39 is 5.60 Å². The predicted octanol–water partition coefficient (Wildman–Crippen LogP) is 2.33. The minimum Gasteiger partial charge on any atom is -0.445 e. The van der Waals surface area contributed by atoms with Crippen LogP contribution >= 0.6 is 0 Å². The maximum absolute atomic E-state index is 12.5. The second-order valence-corrected chi connectivity index (χ2v) is 7.08. The second-order valence-electron chi connectivity index (χ2n) is 7.08. The molecule has 23 heavy (non-hydrogen) atoms. The number of hydrogen-bond acceptors (Lipinski definition) is 4. The summed E-state index contributed by atoms with van der Waals surface area (Å²) < 4.78 is 11.1. The van der Waals surface area contributed by atoms with Crippen LogP contribution in [-0.4, -0.2) is 47.0 Å². The summed E-state index contributed by atoms with van der Waals surface area (Å²) in [5, 5.41) is 10.9. The van der Waals surface area contributed by atoms with Crippen LogP contribution in [0.5, 0.6) is 0 Å². The maximum atomic E-state index is 12.5. The van der Waals surface area contributed by atoms with Crippen molar-refractivity contribution in [1.29, 1.82) is 0 Å². The van der Waals surface area contributed by atoms with E-state index in [4.69, 9.17) is 9.47 Å². The molecule has 1 N–H and O–H groups in total. The lowest BCUT2D eigenvalue weighted by Crippen LogP contribution is -2.64. The molecule has 1 aliphatic carbocycles. The lowest BCUT2D eigenvalue weighted by Gasteiger charge is -2.51. The Labute approximate surface area is 136 Å². The molecule has 124 valence electrons. The van der Waals surface area contributed by atoms with Gasteiger partial charge < -0.3 is 14.6 Å². The number of fused-ring (bicyclic) bond motifs is 2. The molecule has 1 aromatic carbocycles. The lowest BCUT2D eigenvalue weighted by atomic mass is 9.78. The Morgan fingerprint density at radius 1 is 1.22 bits per heavy atom. The largest absolute Gasteiger partial charge is 0.445 e. The Hall–Kier alpha value is -1.59. The van der Waals surface area contributed by atoms with Crippen molar-refractivity contribution in [3.05, 3.63) is 35.9 Å². The van der Waals surface area contributed by atoms with Crippen molar-refractivity contribution in [2.75, 3.05) is 13.2 Å². The highest BCUT2D eigenvalue weighted by Crippen LogP contribution is 2.48. The fourth-order valence-corrected chi connectivity index (χ4v) is 4.06. The van der Waals surface area contributed by atoms with E-state index in [1.54, 1.807) is 0 Å². The minimum atomic E-state index is -0.616. The Morgan fingerprint density at radius 2 is 1.87 bits per heavy atom. The number of hydrogen-bond donors (Lipinski definition) is 1. The molecule has 1 amide bonds. The molecule has 5 heteroatoms. The average molecular weight is 317 g/mol. The van der Waals surface area contributed by atoms with Crippen LogP contribution < -0.4 is 0 Å². The summed E-state index contributed by atoms with van der Waals surface area (Å²) in [4.78, 5) is 14.4. The number of morpholine rings is 1. The molecule has 2 heterocycles. The Morgan fingerprint density at radius 3 is 2.48 bits per heavy atom. The molecule has 2 bridgehead atoms. The first-order valence-corrected chi connectivity index (χ1v) is 8.45. The first-order valence-electron chi connectivity index (χ1n) is 8.45. The highest BCUT2D eigenvalue weighted by atomic mass is 16.6. The van der Waals surface area contributed by atoms with E-state index in [9.17, 15) is 9.90 Å². The third-order valence-electron chi connectivity index (χ3n) is 5.34. The number of ether oxygens (including phenoxy) is 2. The fourth-order valence-electron chi connectivity index (χ4n) is 4.06. The molecule has 3 aliphatic rings. The van der Waals surface area contributed by atoms with Gasteiger partial charge in [-0.1, -0.05) is 30.3 Å². The molecular weight excluding hydrogens is 294 g/mol. The number of carbonyl (C=O) groups is 1. The summed E-state index contributed by atoms with van der Waals surface area (Å²) in [6.07, 6.45) is 3.14. The molecular formula is C18H23NO4. The van der Waals surface area contributed by atoms with Crippen LogP contribution in [-0.2, 0) is 16.1 Å². The van der Waals surface area contributed by atoms with Crippen molar-refractivity contribution < 1.29 is 19.4 Å². The summed E-state index contributed by atoms with van der Waals surface area (Å²) in [5.41, 5.74) is 0.365. The summed E-state index contributed by atoms with van der Waals surface area (Å²) in [5.74, 6) is 0.410. The Balaban J connectivity index is 1.43. The number of nitrogens with zero attached hydrogens (tertiary/aromatic N) is 1. The lowest BCUT2D eigenvalue weighted by molar-refractivity contribution is -0.140. The molecule has 2 atom stereocenters. The number of rotatable bonds is 3. The number of aliphatic hydroxyl groups is 1. The third kappa shape index (κ3) is 2.95. The van der Waals surface area contributed by atoms with Gasteiger partial charge >= 0.3 is 6.09 Å².